The summed E-state index contributed by atoms with van der Waals surface area (Å²) in [6, 6.07) is 21.5. The number of piperidine rings is 1. The minimum atomic E-state index is 0.254. The lowest BCUT2D eigenvalue weighted by molar-refractivity contribution is 0.335. The summed E-state index contributed by atoms with van der Waals surface area (Å²) in [6.45, 7) is 4.55. The molecule has 0 bridgehead atoms. The summed E-state index contributed by atoms with van der Waals surface area (Å²) in [5.74, 6) is 0. The standard InChI is InChI=1S/C28H27N5S/c1-28(12-14-30-15-13-28)21-8-6-19(7-9-21)20-16-31-27-25(17-32-33(27)18-20)23-10-11-26(34-29)24-5-3-2-4-22(23)24/h2-11,16-18,30H,12-15,29H2,1H3. The number of hydrogen-bond acceptors (Lipinski definition) is 5. The molecule has 34 heavy (non-hydrogen) atoms. The Balaban J connectivity index is 1.37. The molecule has 0 amide bonds. The first-order valence-corrected chi connectivity index (χ1v) is 12.6. The highest BCUT2D eigenvalue weighted by Crippen LogP contribution is 2.36. The van der Waals surface area contributed by atoms with E-state index < -0.39 is 0 Å². The van der Waals surface area contributed by atoms with Gasteiger partial charge in [-0.05, 0) is 76.8 Å². The zero-order chi connectivity index (χ0) is 23.1. The lowest BCUT2D eigenvalue weighted by Gasteiger charge is -2.34. The molecule has 5 aromatic rings. The van der Waals surface area contributed by atoms with Crippen molar-refractivity contribution in [2.24, 2.45) is 5.14 Å². The second-order valence-electron chi connectivity index (χ2n) is 9.33. The third-order valence-corrected chi connectivity index (χ3v) is 7.89. The van der Waals surface area contributed by atoms with Crippen molar-refractivity contribution in [1.29, 1.82) is 0 Å². The van der Waals surface area contributed by atoms with Gasteiger partial charge in [-0.15, -0.1) is 0 Å². The SMILES string of the molecule is CC1(c2ccc(-c3cnc4c(-c5ccc(SN)c6ccccc56)cnn4c3)cc2)CCNCC1. The molecule has 0 unspecified atom stereocenters. The Morgan fingerprint density at radius 3 is 2.41 bits per heavy atom. The van der Waals surface area contributed by atoms with Crippen LogP contribution in [0, 0.1) is 0 Å². The maximum atomic E-state index is 5.89. The molecular weight excluding hydrogens is 438 g/mol. The van der Waals surface area contributed by atoms with Crippen LogP contribution in [-0.2, 0) is 5.41 Å². The molecule has 0 saturated carbocycles. The molecule has 0 spiro atoms. The Bertz CT molecular complexity index is 1480. The predicted octanol–water partition coefficient (Wildman–Crippen LogP) is 5.82. The molecular formula is C28H27N5S. The third-order valence-electron chi connectivity index (χ3n) is 7.28. The molecule has 1 aliphatic heterocycles. The van der Waals surface area contributed by atoms with E-state index in [9.17, 15) is 0 Å². The van der Waals surface area contributed by atoms with Crippen LogP contribution in [0.4, 0.5) is 0 Å². The Morgan fingerprint density at radius 2 is 1.65 bits per heavy atom. The Morgan fingerprint density at radius 1 is 0.882 bits per heavy atom. The van der Waals surface area contributed by atoms with Gasteiger partial charge in [0.25, 0.3) is 0 Å². The van der Waals surface area contributed by atoms with Crippen LogP contribution in [-0.4, -0.2) is 27.7 Å². The van der Waals surface area contributed by atoms with Gasteiger partial charge in [-0.3, -0.25) is 5.14 Å². The van der Waals surface area contributed by atoms with Crippen molar-refractivity contribution >= 4 is 28.4 Å². The van der Waals surface area contributed by atoms with Gasteiger partial charge < -0.3 is 5.32 Å². The minimum absolute atomic E-state index is 0.254. The summed E-state index contributed by atoms with van der Waals surface area (Å²) in [5.41, 5.74) is 6.86. The minimum Gasteiger partial charge on any atom is -0.317 e. The fraction of sp³-hybridized carbons (Fsp3) is 0.214. The van der Waals surface area contributed by atoms with Gasteiger partial charge in [-0.2, -0.15) is 5.10 Å². The summed E-state index contributed by atoms with van der Waals surface area (Å²) in [4.78, 5) is 5.89. The van der Waals surface area contributed by atoms with Gasteiger partial charge in [-0.25, -0.2) is 9.50 Å². The molecule has 2 aromatic heterocycles. The van der Waals surface area contributed by atoms with E-state index in [4.69, 9.17) is 10.1 Å². The van der Waals surface area contributed by atoms with Gasteiger partial charge in [0, 0.05) is 28.4 Å². The number of nitrogens with one attached hydrogen (secondary N) is 1. The first-order valence-electron chi connectivity index (χ1n) is 11.7. The summed E-state index contributed by atoms with van der Waals surface area (Å²) in [5, 5.41) is 16.3. The predicted molar refractivity (Wildman–Crippen MR) is 141 cm³/mol. The van der Waals surface area contributed by atoms with E-state index in [1.807, 2.05) is 23.0 Å². The largest absolute Gasteiger partial charge is 0.317 e. The van der Waals surface area contributed by atoms with Crippen molar-refractivity contribution in [3.63, 3.8) is 0 Å². The van der Waals surface area contributed by atoms with E-state index in [0.717, 1.165) is 56.7 Å². The first-order chi connectivity index (χ1) is 16.7. The van der Waals surface area contributed by atoms with Crippen LogP contribution in [0.25, 0.3) is 38.7 Å². The van der Waals surface area contributed by atoms with Crippen LogP contribution < -0.4 is 10.5 Å². The van der Waals surface area contributed by atoms with Gasteiger partial charge in [0.1, 0.15) is 0 Å². The van der Waals surface area contributed by atoms with Crippen molar-refractivity contribution in [3.8, 4) is 22.3 Å². The zero-order valence-electron chi connectivity index (χ0n) is 19.2. The average Bonchev–Trinajstić information content (AvgIpc) is 3.31. The molecule has 0 atom stereocenters. The highest BCUT2D eigenvalue weighted by Gasteiger charge is 2.28. The Labute approximate surface area is 203 Å². The first kappa shape index (κ1) is 21.4. The molecule has 6 rings (SSSR count). The highest BCUT2D eigenvalue weighted by atomic mass is 32.2. The Kier molecular flexibility index (Phi) is 5.37. The molecule has 0 aliphatic carbocycles. The fourth-order valence-electron chi connectivity index (χ4n) is 5.16. The number of benzene rings is 3. The topological polar surface area (TPSA) is 68.2 Å². The average molecular weight is 466 g/mol. The molecule has 3 aromatic carbocycles. The molecule has 3 N–H and O–H groups in total. The van der Waals surface area contributed by atoms with Crippen LogP contribution in [0.2, 0.25) is 0 Å². The lowest BCUT2D eigenvalue weighted by atomic mass is 9.75. The second-order valence-corrected chi connectivity index (χ2v) is 10.0. The smallest absolute Gasteiger partial charge is 0.162 e. The second kappa shape index (κ2) is 8.55. The van der Waals surface area contributed by atoms with Crippen LogP contribution in [0.5, 0.6) is 0 Å². The van der Waals surface area contributed by atoms with Gasteiger partial charge in [0.15, 0.2) is 5.65 Å². The molecule has 170 valence electrons. The number of nitrogens with two attached hydrogens (primary N) is 1. The highest BCUT2D eigenvalue weighted by molar-refractivity contribution is 7.97. The van der Waals surface area contributed by atoms with Crippen LogP contribution >= 0.6 is 11.9 Å². The molecule has 1 aliphatic rings. The van der Waals surface area contributed by atoms with Crippen molar-refractivity contribution in [2.45, 2.75) is 30.1 Å². The molecule has 6 heteroatoms. The lowest BCUT2D eigenvalue weighted by Crippen LogP contribution is -2.37. The van der Waals surface area contributed by atoms with Gasteiger partial charge in [-0.1, -0.05) is 61.5 Å². The van der Waals surface area contributed by atoms with Crippen LogP contribution in [0.15, 0.2) is 84.1 Å². The van der Waals surface area contributed by atoms with E-state index in [0.29, 0.717) is 0 Å². The summed E-state index contributed by atoms with van der Waals surface area (Å²) in [6.07, 6.45) is 8.28. The molecule has 3 heterocycles. The summed E-state index contributed by atoms with van der Waals surface area (Å²) < 4.78 is 1.88. The van der Waals surface area contributed by atoms with Crippen LogP contribution in [0.1, 0.15) is 25.3 Å². The monoisotopic (exact) mass is 465 g/mol. The van der Waals surface area contributed by atoms with E-state index in [1.165, 1.54) is 30.4 Å². The van der Waals surface area contributed by atoms with Gasteiger partial charge in [0.05, 0.1) is 6.20 Å². The molecule has 5 nitrogen and oxygen atoms in total. The van der Waals surface area contributed by atoms with Crippen molar-refractivity contribution in [1.82, 2.24) is 19.9 Å². The quantitative estimate of drug-likeness (QED) is 0.327. The van der Waals surface area contributed by atoms with Crippen molar-refractivity contribution in [2.75, 3.05) is 13.1 Å². The normalized spacial score (nSPS) is 15.7. The number of hydrogen-bond donors (Lipinski definition) is 2. The summed E-state index contributed by atoms with van der Waals surface area (Å²) >= 11 is 1.28. The maximum absolute atomic E-state index is 5.89. The van der Waals surface area contributed by atoms with E-state index in [1.54, 1.807) is 0 Å². The third kappa shape index (κ3) is 3.59. The number of nitrogens with zero attached hydrogens (tertiary/aromatic N) is 3. The maximum Gasteiger partial charge on any atom is 0.162 e. The van der Waals surface area contributed by atoms with E-state index in [-0.39, 0.29) is 5.41 Å². The van der Waals surface area contributed by atoms with Gasteiger partial charge in [0.2, 0.25) is 0 Å². The van der Waals surface area contributed by atoms with E-state index >= 15 is 0 Å². The van der Waals surface area contributed by atoms with Crippen molar-refractivity contribution in [3.05, 3.63) is 84.8 Å². The molecule has 1 saturated heterocycles. The van der Waals surface area contributed by atoms with Gasteiger partial charge >= 0.3 is 0 Å². The fourth-order valence-corrected chi connectivity index (χ4v) is 5.61. The number of aromatic nitrogens is 3. The Hall–Kier alpha value is -3.19. The van der Waals surface area contributed by atoms with E-state index in [2.05, 4.69) is 78.1 Å². The van der Waals surface area contributed by atoms with Crippen molar-refractivity contribution < 1.29 is 0 Å². The molecule has 0 radical (unpaired) electrons. The zero-order valence-corrected chi connectivity index (χ0v) is 20.0. The summed E-state index contributed by atoms with van der Waals surface area (Å²) in [7, 11) is 0. The van der Waals surface area contributed by atoms with Crippen LogP contribution in [0.3, 0.4) is 0 Å². The molecule has 1 fully saturated rings. The number of fused-ring (bicyclic) bond motifs is 2. The number of rotatable bonds is 4.